The van der Waals surface area contributed by atoms with Crippen molar-refractivity contribution in [2.75, 3.05) is 39.9 Å². The van der Waals surface area contributed by atoms with Gasteiger partial charge in [-0.05, 0) is 51.2 Å². The zero-order chi connectivity index (χ0) is 26.1. The van der Waals surface area contributed by atoms with Crippen molar-refractivity contribution in [2.24, 2.45) is 11.3 Å². The average molecular weight is 576 g/mol. The van der Waals surface area contributed by atoms with Crippen molar-refractivity contribution >= 4 is 50.8 Å². The second-order valence-corrected chi connectivity index (χ2v) is 14.8. The van der Waals surface area contributed by atoms with Gasteiger partial charge >= 0.3 is 0 Å². The lowest BCUT2D eigenvalue weighted by atomic mass is 9.87. The molecule has 2 aromatic rings. The van der Waals surface area contributed by atoms with Gasteiger partial charge in [-0.2, -0.15) is 21.7 Å². The van der Waals surface area contributed by atoms with Crippen LogP contribution in [0.15, 0.2) is 17.3 Å². The molecule has 2 atom stereocenters. The molecular formula is C23H34ClN5O4S3. The molecule has 0 amide bonds. The highest BCUT2D eigenvalue weighted by Gasteiger charge is 2.40. The highest BCUT2D eigenvalue weighted by atomic mass is 35.5. The molecule has 0 N–H and O–H groups in total. The first-order chi connectivity index (χ1) is 17.0. The maximum absolute atomic E-state index is 13.5. The molecule has 2 saturated heterocycles. The Kier molecular flexibility index (Phi) is 8.85. The van der Waals surface area contributed by atoms with E-state index in [0.29, 0.717) is 49.3 Å². The summed E-state index contributed by atoms with van der Waals surface area (Å²) in [5, 5.41) is 5.22. The van der Waals surface area contributed by atoms with Gasteiger partial charge in [-0.3, -0.25) is 4.79 Å². The van der Waals surface area contributed by atoms with Gasteiger partial charge in [-0.15, -0.1) is 16.4 Å². The Morgan fingerprint density at radius 2 is 1.97 bits per heavy atom. The minimum absolute atomic E-state index is 0.0167. The molecule has 0 aromatic carbocycles. The quantitative estimate of drug-likeness (QED) is 0.410. The third-order valence-corrected chi connectivity index (χ3v) is 11.2. The van der Waals surface area contributed by atoms with Crippen LogP contribution in [0.1, 0.15) is 61.4 Å². The predicted molar refractivity (Wildman–Crippen MR) is 143 cm³/mol. The van der Waals surface area contributed by atoms with Crippen LogP contribution in [0.2, 0.25) is 4.34 Å². The van der Waals surface area contributed by atoms with Crippen molar-refractivity contribution < 1.29 is 17.9 Å². The number of thiophene rings is 1. The summed E-state index contributed by atoms with van der Waals surface area (Å²) in [5.74, 6) is 1.01. The Hall–Kier alpha value is -1.02. The van der Waals surface area contributed by atoms with E-state index in [4.69, 9.17) is 26.4 Å². The molecular weight excluding hydrogens is 542 g/mol. The Labute approximate surface area is 226 Å². The van der Waals surface area contributed by atoms with Gasteiger partial charge in [-0.25, -0.2) is 4.98 Å². The van der Waals surface area contributed by atoms with Gasteiger partial charge in [0.15, 0.2) is 11.0 Å². The predicted octanol–water partition coefficient (Wildman–Crippen LogP) is 4.36. The first kappa shape index (κ1) is 28.0. The monoisotopic (exact) mass is 575 g/mol. The van der Waals surface area contributed by atoms with E-state index in [2.05, 4.69) is 0 Å². The summed E-state index contributed by atoms with van der Waals surface area (Å²) in [5.41, 5.74) is -0.778. The molecule has 9 nitrogen and oxygen atoms in total. The third kappa shape index (κ3) is 6.00. The Bertz CT molecular complexity index is 1180. The molecule has 2 aliphatic heterocycles. The molecule has 2 aromatic heterocycles. The number of carbonyl (C=O) groups excluding carboxylic acids is 1. The van der Waals surface area contributed by atoms with Crippen molar-refractivity contribution in [2.45, 2.75) is 56.9 Å². The largest absolute Gasteiger partial charge is 0.384 e. The van der Waals surface area contributed by atoms with Crippen LogP contribution in [-0.2, 0) is 20.7 Å². The second kappa shape index (κ2) is 11.4. The summed E-state index contributed by atoms with van der Waals surface area (Å²) >= 11 is 9.03. The van der Waals surface area contributed by atoms with Gasteiger partial charge in [-0.1, -0.05) is 30.3 Å². The fourth-order valence-corrected chi connectivity index (χ4v) is 8.63. The molecule has 0 bridgehead atoms. The fraction of sp³-hybridized carbons (Fsp3) is 0.696. The van der Waals surface area contributed by atoms with Crippen LogP contribution in [0, 0.1) is 11.3 Å². The highest BCUT2D eigenvalue weighted by molar-refractivity contribution is 7.98. The van der Waals surface area contributed by atoms with Gasteiger partial charge in [0, 0.05) is 49.8 Å². The molecule has 0 radical (unpaired) electrons. The van der Waals surface area contributed by atoms with Crippen LogP contribution < -0.4 is 0 Å². The number of piperidine rings is 1. The van der Waals surface area contributed by atoms with Gasteiger partial charge in [0.1, 0.15) is 0 Å². The standard InChI is InChI=1S/C23H34ClN5O4S3/c1-16-13-28(36(31,32)27-10-5-6-11-27)12-9-18(16)20-25-22(34-14-17-7-8-19(24)35-17)29(26-20)21(30)23(2,3)15-33-4/h7-8,16,18H,5-6,9-15H2,1-4H3. The summed E-state index contributed by atoms with van der Waals surface area (Å²) in [7, 11) is -1.87. The van der Waals surface area contributed by atoms with Crippen LogP contribution in [-0.4, -0.2) is 77.6 Å². The lowest BCUT2D eigenvalue weighted by Gasteiger charge is -2.36. The zero-order valence-electron chi connectivity index (χ0n) is 21.1. The first-order valence-corrected chi connectivity index (χ1v) is 15.7. The summed E-state index contributed by atoms with van der Waals surface area (Å²) in [4.78, 5) is 19.4. The first-order valence-electron chi connectivity index (χ1n) is 12.2. The average Bonchev–Trinajstić information content (AvgIpc) is 3.58. The Balaban J connectivity index is 1.55. The lowest BCUT2D eigenvalue weighted by molar-refractivity contribution is 0.0512. The number of nitrogens with zero attached hydrogens (tertiary/aromatic N) is 5. The van der Waals surface area contributed by atoms with Gasteiger partial charge in [0.2, 0.25) is 0 Å². The molecule has 13 heteroatoms. The Morgan fingerprint density at radius 1 is 1.25 bits per heavy atom. The third-order valence-electron chi connectivity index (χ3n) is 6.76. The number of ether oxygens (including phenoxy) is 1. The minimum Gasteiger partial charge on any atom is -0.384 e. The van der Waals surface area contributed by atoms with Crippen molar-refractivity contribution in [3.63, 3.8) is 0 Å². The van der Waals surface area contributed by atoms with Crippen molar-refractivity contribution in [3.8, 4) is 0 Å². The molecule has 0 saturated carbocycles. The van der Waals surface area contributed by atoms with E-state index in [1.54, 1.807) is 15.7 Å². The van der Waals surface area contributed by atoms with Gasteiger partial charge < -0.3 is 4.74 Å². The number of methoxy groups -OCH3 is 1. The van der Waals surface area contributed by atoms with Crippen molar-refractivity contribution in [1.82, 2.24) is 23.4 Å². The van der Waals surface area contributed by atoms with Crippen molar-refractivity contribution in [1.29, 1.82) is 0 Å². The summed E-state index contributed by atoms with van der Waals surface area (Å²) in [6, 6.07) is 3.83. The summed E-state index contributed by atoms with van der Waals surface area (Å²) in [6.07, 6.45) is 2.44. The molecule has 2 unspecified atom stereocenters. The molecule has 0 spiro atoms. The van der Waals surface area contributed by atoms with E-state index >= 15 is 0 Å². The van der Waals surface area contributed by atoms with Crippen LogP contribution in [0.25, 0.3) is 0 Å². The Morgan fingerprint density at radius 3 is 2.58 bits per heavy atom. The number of hydrogen-bond acceptors (Lipinski definition) is 8. The SMILES string of the molecule is COCC(C)(C)C(=O)n1nc(C2CCN(S(=O)(=O)N3CCCC3)CC2C)nc1SCc1ccc(Cl)s1. The molecule has 2 fully saturated rings. The number of hydrogen-bond donors (Lipinski definition) is 0. The molecule has 36 heavy (non-hydrogen) atoms. The zero-order valence-corrected chi connectivity index (χ0v) is 24.4. The number of rotatable bonds is 9. The summed E-state index contributed by atoms with van der Waals surface area (Å²) < 4.78 is 36.7. The molecule has 0 aliphatic carbocycles. The van der Waals surface area contributed by atoms with Crippen molar-refractivity contribution in [3.05, 3.63) is 27.2 Å². The minimum atomic E-state index is -3.44. The number of aromatic nitrogens is 3. The van der Waals surface area contributed by atoms with E-state index in [-0.39, 0.29) is 24.3 Å². The molecule has 4 rings (SSSR count). The van der Waals surface area contributed by atoms with E-state index in [0.717, 1.165) is 22.1 Å². The van der Waals surface area contributed by atoms with Crippen LogP contribution in [0.5, 0.6) is 0 Å². The van der Waals surface area contributed by atoms with Crippen LogP contribution >= 0.6 is 34.7 Å². The van der Waals surface area contributed by atoms with E-state index < -0.39 is 15.6 Å². The smallest absolute Gasteiger partial charge is 0.281 e. The van der Waals surface area contributed by atoms with Crippen LogP contribution in [0.4, 0.5) is 0 Å². The normalized spacial score (nSPS) is 22.4. The molecule has 200 valence electrons. The number of halogens is 1. The van der Waals surface area contributed by atoms with Gasteiger partial charge in [0.25, 0.3) is 16.1 Å². The number of carbonyl (C=O) groups is 1. The summed E-state index contributed by atoms with van der Waals surface area (Å²) in [6.45, 7) is 7.98. The van der Waals surface area contributed by atoms with E-state index in [1.807, 2.05) is 32.9 Å². The highest BCUT2D eigenvalue weighted by Crippen LogP contribution is 2.36. The van der Waals surface area contributed by atoms with Gasteiger partial charge in [0.05, 0.1) is 16.4 Å². The lowest BCUT2D eigenvalue weighted by Crippen LogP contribution is -2.48. The van der Waals surface area contributed by atoms with Crippen LogP contribution in [0.3, 0.4) is 0 Å². The second-order valence-electron chi connectivity index (χ2n) is 10.1. The molecule has 4 heterocycles. The van der Waals surface area contributed by atoms with E-state index in [1.165, 1.54) is 27.8 Å². The topological polar surface area (TPSA) is 97.6 Å². The van der Waals surface area contributed by atoms with E-state index in [9.17, 15) is 13.2 Å². The fourth-order valence-electron chi connectivity index (χ4n) is 4.75. The molecule has 2 aliphatic rings. The maximum atomic E-state index is 13.5. The number of thioether (sulfide) groups is 1. The maximum Gasteiger partial charge on any atom is 0.281 e.